The summed E-state index contributed by atoms with van der Waals surface area (Å²) in [7, 11) is 0. The van der Waals surface area contributed by atoms with E-state index in [2.05, 4.69) is 30.3 Å². The zero-order valence-corrected chi connectivity index (χ0v) is 43.7. The molecule has 12 aromatic carbocycles. The molecule has 0 amide bonds. The van der Waals surface area contributed by atoms with Crippen LogP contribution >= 0.6 is 0 Å². The quantitative estimate of drug-likeness (QED) is 0.0754. The number of carbonyl (C=O) groups is 6. The first kappa shape index (κ1) is 45.0. The number of rotatable bonds is 9. The van der Waals surface area contributed by atoms with E-state index in [4.69, 9.17) is 52.1 Å². The van der Waals surface area contributed by atoms with Gasteiger partial charge in [0.2, 0.25) is 12.4 Å². The molecule has 17 nitrogen and oxygen atoms in total. The van der Waals surface area contributed by atoms with Gasteiger partial charge in [-0.2, -0.15) is 0 Å². The van der Waals surface area contributed by atoms with Gasteiger partial charge < -0.3 is 52.1 Å². The van der Waals surface area contributed by atoms with Crippen molar-refractivity contribution in [2.45, 2.75) is 134 Å². The van der Waals surface area contributed by atoms with Crippen LogP contribution in [-0.4, -0.2) is 110 Å². The first-order valence-corrected chi connectivity index (χ1v) is 27.4. The van der Waals surface area contributed by atoms with E-state index in [0.717, 1.165) is 55.7 Å². The molecule has 3 heterocycles. The molecular weight excluding hydrogens is 1030 g/mol. The maximum atomic E-state index is 13.6. The normalized spacial score (nSPS) is 29.3. The molecule has 7 aliphatic rings. The summed E-state index contributed by atoms with van der Waals surface area (Å²) in [4.78, 5) is 77.7. The highest BCUT2D eigenvalue weighted by molar-refractivity contribution is 6.65. The van der Waals surface area contributed by atoms with E-state index < -0.39 is 116 Å². The Morgan fingerprint density at radius 2 is 0.925 bits per heavy atom. The average molecular weight is 1070 g/mol. The van der Waals surface area contributed by atoms with E-state index in [-0.39, 0.29) is 6.61 Å². The molecular formula is C63H44O17. The molecule has 3 saturated heterocycles. The molecule has 0 radical (unpaired) electrons. The molecule has 3 unspecified atom stereocenters. The Hall–Kier alpha value is -7.80. The van der Waals surface area contributed by atoms with Crippen LogP contribution in [0.5, 0.6) is 0 Å². The van der Waals surface area contributed by atoms with Gasteiger partial charge in [0, 0.05) is 53.5 Å². The van der Waals surface area contributed by atoms with E-state index in [1.54, 1.807) is 0 Å². The van der Waals surface area contributed by atoms with Gasteiger partial charge >= 0.3 is 35.8 Å². The van der Waals surface area contributed by atoms with E-state index in [9.17, 15) is 28.8 Å². The minimum absolute atomic E-state index is 0.130. The Kier molecular flexibility index (Phi) is 7.98. The van der Waals surface area contributed by atoms with Crippen molar-refractivity contribution >= 4 is 154 Å². The zero-order chi connectivity index (χ0) is 53.9. The van der Waals surface area contributed by atoms with E-state index in [1.165, 1.54) is 156 Å². The predicted molar refractivity (Wildman–Crippen MR) is 286 cm³/mol. The second-order valence-electron chi connectivity index (χ2n) is 23.7. The van der Waals surface area contributed by atoms with Crippen molar-refractivity contribution in [1.29, 1.82) is 0 Å². The van der Waals surface area contributed by atoms with Crippen molar-refractivity contribution in [3.63, 3.8) is 0 Å². The highest BCUT2D eigenvalue weighted by atomic mass is 16.8. The molecule has 12 atom stereocenters. The molecule has 1 spiro atoms. The minimum atomic E-state index is -1.69. The Morgan fingerprint density at radius 1 is 0.450 bits per heavy atom. The number of carbonyl (C=O) groups excluding carboxylic acids is 6. The second kappa shape index (κ2) is 14.2. The van der Waals surface area contributed by atoms with Crippen molar-refractivity contribution in [2.75, 3.05) is 13.2 Å². The van der Waals surface area contributed by atoms with Crippen LogP contribution in [0, 0.1) is 0 Å². The predicted octanol–water partition coefficient (Wildman–Crippen LogP) is 8.59. The molecule has 0 bridgehead atoms. The van der Waals surface area contributed by atoms with Gasteiger partial charge in [-0.3, -0.25) is 28.8 Å². The smallest absolute Gasteiger partial charge is 0.305 e. The Morgan fingerprint density at radius 3 is 1.49 bits per heavy atom. The summed E-state index contributed by atoms with van der Waals surface area (Å²) in [5.74, 6) is -4.76. The van der Waals surface area contributed by atoms with E-state index >= 15 is 0 Å². The summed E-state index contributed by atoms with van der Waals surface area (Å²) in [6, 6.07) is 12.1. The summed E-state index contributed by atoms with van der Waals surface area (Å²) in [5, 5.41) is 29.0. The van der Waals surface area contributed by atoms with Crippen LogP contribution in [0.1, 0.15) is 86.6 Å². The molecule has 0 saturated carbocycles. The van der Waals surface area contributed by atoms with Gasteiger partial charge in [0.05, 0.1) is 6.61 Å². The molecule has 19 rings (SSSR count). The molecule has 3 aliphatic heterocycles. The lowest BCUT2D eigenvalue weighted by molar-refractivity contribution is -0.358. The first-order chi connectivity index (χ1) is 38.6. The fourth-order valence-electron chi connectivity index (χ4n) is 17.6. The topological polar surface area (TPSA) is 204 Å². The molecule has 80 heavy (non-hydrogen) atoms. The number of esters is 6. The van der Waals surface area contributed by atoms with Crippen LogP contribution in [0.15, 0.2) is 30.3 Å². The molecule has 12 aromatic rings. The maximum absolute atomic E-state index is 13.6. The number of benzene rings is 9. The lowest BCUT2D eigenvalue weighted by Gasteiger charge is -2.48. The van der Waals surface area contributed by atoms with Gasteiger partial charge in [0.15, 0.2) is 24.6 Å². The van der Waals surface area contributed by atoms with E-state index in [0.29, 0.717) is 6.42 Å². The van der Waals surface area contributed by atoms with E-state index in [1.807, 2.05) is 0 Å². The zero-order valence-electron chi connectivity index (χ0n) is 43.7. The lowest BCUT2D eigenvalue weighted by Crippen LogP contribution is -2.67. The summed E-state index contributed by atoms with van der Waals surface area (Å²) >= 11 is 0. The fraction of sp³-hybridized carbons (Fsp3) is 0.365. The summed E-state index contributed by atoms with van der Waals surface area (Å²) < 4.78 is 70.2. The van der Waals surface area contributed by atoms with Gasteiger partial charge in [0.1, 0.15) is 42.7 Å². The SMILES string of the molecule is CC(=O)OC[C@H]1O[C@H](OC(C)=O)[C@H](OC(C)=O)[C@@H](OC(C)=O)C1O[C@H]1O[C@@H]2COC34Cc5cc6cc7c8c9c(cc%10cc%11c%12c%13c(cc(c%14c%15c3c5c3c6c8c5c3c%15c(c%14%13)c3c%12c%10c9c35)C4O[C@H]2[C@H](OC(C)=O)[C@H]1OC(C)=O)C%11)C7. The highest BCUT2D eigenvalue weighted by Gasteiger charge is 2.63. The molecule has 4 aliphatic carbocycles. The molecule has 3 fully saturated rings. The van der Waals surface area contributed by atoms with Crippen LogP contribution in [0.4, 0.5) is 0 Å². The third-order valence-corrected chi connectivity index (χ3v) is 19.4. The molecule has 398 valence electrons. The highest BCUT2D eigenvalue weighted by Crippen LogP contribution is 2.71. The Balaban J connectivity index is 0.825. The third-order valence-electron chi connectivity index (χ3n) is 19.4. The van der Waals surface area contributed by atoms with Crippen LogP contribution in [0.2, 0.25) is 0 Å². The summed E-state index contributed by atoms with van der Waals surface area (Å²) in [6.45, 7) is 6.25. The Bertz CT molecular complexity index is 4860. The molecule has 17 heteroatoms. The van der Waals surface area contributed by atoms with Crippen molar-refractivity contribution < 1.29 is 80.9 Å². The molecule has 0 N–H and O–H groups in total. The van der Waals surface area contributed by atoms with Crippen LogP contribution < -0.4 is 0 Å². The Labute approximate surface area is 450 Å². The number of ether oxygens (including phenoxy) is 11. The van der Waals surface area contributed by atoms with Crippen molar-refractivity contribution in [1.82, 2.24) is 0 Å². The fourth-order valence-corrected chi connectivity index (χ4v) is 17.6. The number of hydrogen-bond donors (Lipinski definition) is 0. The molecule has 0 aromatic heterocycles. The van der Waals surface area contributed by atoms with Crippen molar-refractivity contribution in [3.05, 3.63) is 69.3 Å². The van der Waals surface area contributed by atoms with Gasteiger partial charge in [0.25, 0.3) is 0 Å². The van der Waals surface area contributed by atoms with Gasteiger partial charge in [-0.05, 0) is 165 Å². The minimum Gasteiger partial charge on any atom is -0.463 e. The van der Waals surface area contributed by atoms with Crippen LogP contribution in [0.25, 0.3) is 118 Å². The monoisotopic (exact) mass is 1070 g/mol. The van der Waals surface area contributed by atoms with Crippen molar-refractivity contribution in [3.8, 4) is 0 Å². The lowest BCUT2D eigenvalue weighted by atomic mass is 9.76. The number of hydrogen-bond acceptors (Lipinski definition) is 17. The summed E-state index contributed by atoms with van der Waals surface area (Å²) in [5.41, 5.74) is 7.37. The van der Waals surface area contributed by atoms with Crippen LogP contribution in [-0.2, 0) is 106 Å². The average Bonchev–Trinajstić information content (AvgIpc) is 2.31. The van der Waals surface area contributed by atoms with Gasteiger partial charge in [-0.1, -0.05) is 30.3 Å². The summed E-state index contributed by atoms with van der Waals surface area (Å²) in [6.07, 6.45) is -13.6. The first-order valence-electron chi connectivity index (χ1n) is 27.4. The third kappa shape index (κ3) is 4.97. The second-order valence-corrected chi connectivity index (χ2v) is 23.7. The standard InChI is InChI=1S/C63H44O17/c1-17(64)70-15-31-55(57(73-19(3)66)58(74-20(4)67)61(77-31)76-22(6)69)80-62-59(75-21(5)68)56(72-18(2)65)54-32(78-62)16-71-63-14-29-12-27-10-24-7-23-8-26-9-25-11-28-13-30(60(63)79-54)40-45-36(28)35(25)42-37(26)41-33(23)34(24)43-38(27)44-39(29)53(63)52(40)51-49(44)47(43)46(41)48(42)50(45)51/h8-10,12-13,31-32,54-62H,7,11,14-16H2,1-6H3/t31-,32-,54-,55?,56+,57+,58-,59-,60?,61+,62-,63?/m1/s1. The maximum Gasteiger partial charge on any atom is 0.305 e. The van der Waals surface area contributed by atoms with Gasteiger partial charge in [-0.15, -0.1) is 0 Å². The van der Waals surface area contributed by atoms with Gasteiger partial charge in [-0.25, -0.2) is 0 Å². The van der Waals surface area contributed by atoms with Crippen LogP contribution in [0.3, 0.4) is 0 Å². The number of fused-ring (bicyclic) bond motifs is 2. The largest absolute Gasteiger partial charge is 0.463 e. The van der Waals surface area contributed by atoms with Crippen molar-refractivity contribution in [2.24, 2.45) is 0 Å².